The average molecular weight is 239 g/mol. The summed E-state index contributed by atoms with van der Waals surface area (Å²) in [5.41, 5.74) is 0. The molecule has 4 nitrogen and oxygen atoms in total. The van der Waals surface area contributed by atoms with Gasteiger partial charge >= 0.3 is 0 Å². The molecule has 0 radical (unpaired) electrons. The van der Waals surface area contributed by atoms with Crippen LogP contribution in [0.25, 0.3) is 0 Å². The highest BCUT2D eigenvalue weighted by Crippen LogP contribution is 2.19. The number of rotatable bonds is 2. The van der Waals surface area contributed by atoms with E-state index in [-0.39, 0.29) is 0 Å². The predicted octanol–water partition coefficient (Wildman–Crippen LogP) is 0.635. The smallest absolute Gasteiger partial charge is 0.209 e. The lowest BCUT2D eigenvalue weighted by atomic mass is 10.1. The Kier molecular flexibility index (Phi) is 4.80. The third-order valence-corrected chi connectivity index (χ3v) is 4.08. The first kappa shape index (κ1) is 12.8. The maximum absolute atomic E-state index is 10.4. The van der Waals surface area contributed by atoms with Crippen molar-refractivity contribution in [2.45, 2.75) is 31.7 Å². The van der Waals surface area contributed by atoms with Crippen LogP contribution in [-0.4, -0.2) is 73.5 Å². The van der Waals surface area contributed by atoms with Crippen LogP contribution in [0.5, 0.6) is 0 Å². The first-order chi connectivity index (χ1) is 8.29. The summed E-state index contributed by atoms with van der Waals surface area (Å²) in [6, 6.07) is 0.675. The minimum Gasteiger partial charge on any atom is -0.344 e. The van der Waals surface area contributed by atoms with Crippen LogP contribution in [0.1, 0.15) is 25.7 Å². The molecule has 3 aliphatic heterocycles. The average Bonchev–Trinajstić information content (AvgIpc) is 2.88. The Morgan fingerprint density at radius 3 is 2.06 bits per heavy atom. The van der Waals surface area contributed by atoms with Gasteiger partial charge in [-0.15, -0.1) is 0 Å². The van der Waals surface area contributed by atoms with E-state index in [9.17, 15) is 4.79 Å². The molecular weight excluding hydrogens is 214 g/mol. The maximum atomic E-state index is 10.4. The molecule has 0 aliphatic carbocycles. The second-order valence-electron chi connectivity index (χ2n) is 5.44. The van der Waals surface area contributed by atoms with Crippen LogP contribution in [0.4, 0.5) is 0 Å². The van der Waals surface area contributed by atoms with Gasteiger partial charge < -0.3 is 9.80 Å². The Bertz CT molecular complexity index is 237. The molecule has 0 aromatic carbocycles. The van der Waals surface area contributed by atoms with Crippen molar-refractivity contribution in [3.8, 4) is 0 Å². The topological polar surface area (TPSA) is 26.8 Å². The number of amides is 1. The molecule has 4 heteroatoms. The van der Waals surface area contributed by atoms with Crippen molar-refractivity contribution < 1.29 is 4.79 Å². The molecule has 1 atom stereocenters. The third-order valence-electron chi connectivity index (χ3n) is 4.08. The monoisotopic (exact) mass is 239 g/mol. The molecule has 0 aromatic rings. The van der Waals surface area contributed by atoms with E-state index in [1.54, 1.807) is 0 Å². The Morgan fingerprint density at radius 2 is 1.71 bits per heavy atom. The minimum absolute atomic E-state index is 0.675. The standard InChI is InChI=1S/C8H14N2O.C5H11N/c11-7-9-5-2-8(6-9)10-3-1-4-10;1-6-4-2-3-5-6/h7-8H,1-6H2;2-5H2,1H3/t8-;/m1./s1. The van der Waals surface area contributed by atoms with Gasteiger partial charge in [0.15, 0.2) is 0 Å². The summed E-state index contributed by atoms with van der Waals surface area (Å²) in [5, 5.41) is 0. The van der Waals surface area contributed by atoms with Gasteiger partial charge in [0.25, 0.3) is 0 Å². The molecule has 0 bridgehead atoms. The molecule has 3 aliphatic rings. The molecule has 17 heavy (non-hydrogen) atoms. The van der Waals surface area contributed by atoms with E-state index in [0.29, 0.717) is 6.04 Å². The van der Waals surface area contributed by atoms with Gasteiger partial charge in [-0.25, -0.2) is 0 Å². The number of carbonyl (C=O) groups excluding carboxylic acids is 1. The molecule has 0 saturated carbocycles. The van der Waals surface area contributed by atoms with E-state index in [2.05, 4.69) is 16.8 Å². The van der Waals surface area contributed by atoms with Crippen molar-refractivity contribution in [2.75, 3.05) is 46.3 Å². The highest BCUT2D eigenvalue weighted by molar-refractivity contribution is 5.47. The highest BCUT2D eigenvalue weighted by atomic mass is 16.1. The van der Waals surface area contributed by atoms with Crippen LogP contribution < -0.4 is 0 Å². The molecule has 3 heterocycles. The molecular formula is C13H25N3O. The van der Waals surface area contributed by atoms with E-state index < -0.39 is 0 Å². The largest absolute Gasteiger partial charge is 0.344 e. The number of nitrogens with zero attached hydrogens (tertiary/aromatic N) is 3. The summed E-state index contributed by atoms with van der Waals surface area (Å²) in [7, 11) is 2.17. The fourth-order valence-electron chi connectivity index (χ4n) is 2.74. The van der Waals surface area contributed by atoms with Crippen LogP contribution in [0, 0.1) is 0 Å². The predicted molar refractivity (Wildman–Crippen MR) is 69.0 cm³/mol. The zero-order chi connectivity index (χ0) is 12.1. The van der Waals surface area contributed by atoms with Crippen molar-refractivity contribution in [3.63, 3.8) is 0 Å². The summed E-state index contributed by atoms with van der Waals surface area (Å²) in [5.74, 6) is 0. The summed E-state index contributed by atoms with van der Waals surface area (Å²) in [6.45, 7) is 7.06. The highest BCUT2D eigenvalue weighted by Gasteiger charge is 2.29. The molecule has 0 N–H and O–H groups in total. The van der Waals surface area contributed by atoms with E-state index in [4.69, 9.17) is 0 Å². The van der Waals surface area contributed by atoms with Crippen molar-refractivity contribution in [2.24, 2.45) is 0 Å². The summed E-state index contributed by atoms with van der Waals surface area (Å²) < 4.78 is 0. The molecule has 3 saturated heterocycles. The lowest BCUT2D eigenvalue weighted by Crippen LogP contribution is -2.46. The van der Waals surface area contributed by atoms with Gasteiger partial charge in [0, 0.05) is 19.1 Å². The zero-order valence-electron chi connectivity index (χ0n) is 11.0. The van der Waals surface area contributed by atoms with Gasteiger partial charge in [0.2, 0.25) is 6.41 Å². The molecule has 1 amide bonds. The summed E-state index contributed by atoms with van der Waals surface area (Å²) in [4.78, 5) is 17.1. The van der Waals surface area contributed by atoms with E-state index in [1.807, 2.05) is 4.90 Å². The first-order valence-electron chi connectivity index (χ1n) is 6.91. The van der Waals surface area contributed by atoms with Crippen molar-refractivity contribution in [3.05, 3.63) is 0 Å². The molecule has 0 unspecified atom stereocenters. The molecule has 3 rings (SSSR count). The van der Waals surface area contributed by atoms with Crippen LogP contribution >= 0.6 is 0 Å². The van der Waals surface area contributed by atoms with Gasteiger partial charge in [0.1, 0.15) is 0 Å². The van der Waals surface area contributed by atoms with Crippen molar-refractivity contribution >= 4 is 6.41 Å². The maximum Gasteiger partial charge on any atom is 0.209 e. The van der Waals surface area contributed by atoms with Crippen LogP contribution in [0.3, 0.4) is 0 Å². The normalized spacial score (nSPS) is 29.7. The number of hydrogen-bond acceptors (Lipinski definition) is 3. The van der Waals surface area contributed by atoms with Gasteiger partial charge in [-0.1, -0.05) is 0 Å². The Labute approximate surface area is 105 Å². The number of carbonyl (C=O) groups is 1. The Morgan fingerprint density at radius 1 is 1.00 bits per heavy atom. The first-order valence-corrected chi connectivity index (χ1v) is 6.91. The van der Waals surface area contributed by atoms with Gasteiger partial charge in [-0.3, -0.25) is 9.69 Å². The van der Waals surface area contributed by atoms with Crippen LogP contribution in [-0.2, 0) is 4.79 Å². The second kappa shape index (κ2) is 6.36. The van der Waals surface area contributed by atoms with E-state index >= 15 is 0 Å². The van der Waals surface area contributed by atoms with Crippen molar-refractivity contribution in [1.29, 1.82) is 0 Å². The molecule has 3 fully saturated rings. The summed E-state index contributed by atoms with van der Waals surface area (Å²) >= 11 is 0. The summed E-state index contributed by atoms with van der Waals surface area (Å²) in [6.07, 6.45) is 6.32. The lowest BCUT2D eigenvalue weighted by molar-refractivity contribution is -0.117. The second-order valence-corrected chi connectivity index (χ2v) is 5.44. The van der Waals surface area contributed by atoms with Crippen molar-refractivity contribution in [1.82, 2.24) is 14.7 Å². The Hall–Kier alpha value is -0.610. The van der Waals surface area contributed by atoms with E-state index in [0.717, 1.165) is 19.5 Å². The molecule has 0 aromatic heterocycles. The lowest BCUT2D eigenvalue weighted by Gasteiger charge is -2.36. The van der Waals surface area contributed by atoms with Gasteiger partial charge in [-0.05, 0) is 58.9 Å². The fourth-order valence-corrected chi connectivity index (χ4v) is 2.74. The number of hydrogen-bond donors (Lipinski definition) is 0. The Balaban J connectivity index is 0.000000153. The van der Waals surface area contributed by atoms with Crippen LogP contribution in [0.15, 0.2) is 0 Å². The number of likely N-dealkylation sites (tertiary alicyclic amines) is 3. The van der Waals surface area contributed by atoms with E-state index in [1.165, 1.54) is 51.9 Å². The molecule has 0 spiro atoms. The van der Waals surface area contributed by atoms with Gasteiger partial charge in [0.05, 0.1) is 0 Å². The van der Waals surface area contributed by atoms with Crippen LogP contribution in [0.2, 0.25) is 0 Å². The SMILES string of the molecule is CN1CCCC1.O=CN1CC[C@@H](N2CCC2)C1. The fraction of sp³-hybridized carbons (Fsp3) is 0.923. The third kappa shape index (κ3) is 3.68. The zero-order valence-corrected chi connectivity index (χ0v) is 11.0. The quantitative estimate of drug-likeness (QED) is 0.662. The minimum atomic E-state index is 0.675. The van der Waals surface area contributed by atoms with Gasteiger partial charge in [-0.2, -0.15) is 0 Å². The molecule has 98 valence electrons.